The molecule has 0 fully saturated rings. The molecule has 7 nitrogen and oxygen atoms in total. The van der Waals surface area contributed by atoms with Gasteiger partial charge in [0.15, 0.2) is 5.76 Å². The van der Waals surface area contributed by atoms with E-state index < -0.39 is 10.9 Å². The van der Waals surface area contributed by atoms with E-state index in [1.807, 2.05) is 30.3 Å². The van der Waals surface area contributed by atoms with Gasteiger partial charge in [-0.2, -0.15) is 0 Å². The van der Waals surface area contributed by atoms with Crippen molar-refractivity contribution in [1.82, 2.24) is 0 Å². The number of ether oxygens (including phenoxy) is 2. The van der Waals surface area contributed by atoms with Gasteiger partial charge in [-0.3, -0.25) is 14.9 Å². The van der Waals surface area contributed by atoms with E-state index in [9.17, 15) is 19.7 Å². The Morgan fingerprint density at radius 3 is 2.42 bits per heavy atom. The first kappa shape index (κ1) is 19.8. The Morgan fingerprint density at radius 2 is 1.71 bits per heavy atom. The van der Waals surface area contributed by atoms with Crippen LogP contribution in [0.4, 0.5) is 5.69 Å². The Hall–Kier alpha value is -4.52. The molecule has 0 aromatic heterocycles. The van der Waals surface area contributed by atoms with Crippen LogP contribution in [0.1, 0.15) is 21.5 Å². The predicted molar refractivity (Wildman–Crippen MR) is 114 cm³/mol. The number of esters is 1. The number of hydrogen-bond donors (Lipinski definition) is 0. The molecule has 0 N–H and O–H groups in total. The molecule has 3 aromatic rings. The molecule has 0 radical (unpaired) electrons. The third kappa shape index (κ3) is 4.56. The molecule has 7 heteroatoms. The number of nitro benzene ring substituents is 1. The maximum atomic E-state index is 12.5. The lowest BCUT2D eigenvalue weighted by molar-refractivity contribution is -0.384. The molecule has 0 bridgehead atoms. The maximum absolute atomic E-state index is 12.5. The number of fused-ring (bicyclic) bond motifs is 1. The normalized spacial score (nSPS) is 13.8. The summed E-state index contributed by atoms with van der Waals surface area (Å²) in [5, 5.41) is 10.8. The Balaban J connectivity index is 1.47. The van der Waals surface area contributed by atoms with Crippen LogP contribution in [0.15, 0.2) is 84.6 Å². The number of nitrogens with zero attached hydrogens (tertiary/aromatic N) is 1. The van der Waals surface area contributed by atoms with E-state index in [4.69, 9.17) is 9.47 Å². The molecule has 0 saturated heterocycles. The zero-order valence-electron chi connectivity index (χ0n) is 16.1. The largest absolute Gasteiger partial charge is 0.452 e. The molecule has 1 heterocycles. The third-order valence-electron chi connectivity index (χ3n) is 4.47. The summed E-state index contributed by atoms with van der Waals surface area (Å²) in [6.07, 6.45) is 4.45. The molecule has 0 aliphatic carbocycles. The first-order valence-electron chi connectivity index (χ1n) is 9.27. The van der Waals surface area contributed by atoms with Gasteiger partial charge in [0.2, 0.25) is 5.78 Å². The summed E-state index contributed by atoms with van der Waals surface area (Å²) < 4.78 is 10.9. The van der Waals surface area contributed by atoms with Gasteiger partial charge in [0.1, 0.15) is 11.5 Å². The van der Waals surface area contributed by atoms with Gasteiger partial charge >= 0.3 is 5.97 Å². The van der Waals surface area contributed by atoms with Crippen molar-refractivity contribution < 1.29 is 24.0 Å². The quantitative estimate of drug-likeness (QED) is 0.195. The first-order valence-corrected chi connectivity index (χ1v) is 9.27. The minimum absolute atomic E-state index is 0.0446. The predicted octanol–water partition coefficient (Wildman–Crippen LogP) is 4.83. The van der Waals surface area contributed by atoms with Crippen molar-refractivity contribution in [3.63, 3.8) is 0 Å². The van der Waals surface area contributed by atoms with Crippen LogP contribution in [0, 0.1) is 10.1 Å². The molecule has 4 rings (SSSR count). The molecule has 0 spiro atoms. The highest BCUT2D eigenvalue weighted by Gasteiger charge is 2.28. The van der Waals surface area contributed by atoms with E-state index in [0.717, 1.165) is 5.56 Å². The van der Waals surface area contributed by atoms with E-state index in [1.165, 1.54) is 54.6 Å². The van der Waals surface area contributed by atoms with Crippen molar-refractivity contribution in [2.24, 2.45) is 0 Å². The van der Waals surface area contributed by atoms with Crippen LogP contribution in [-0.4, -0.2) is 16.7 Å². The molecular formula is C24H15NO6. The van der Waals surface area contributed by atoms with Crippen molar-refractivity contribution in [3.05, 3.63) is 111 Å². The second kappa shape index (κ2) is 8.46. The van der Waals surface area contributed by atoms with Gasteiger partial charge in [0, 0.05) is 24.3 Å². The average Bonchev–Trinajstić information content (AvgIpc) is 3.08. The molecule has 0 saturated carbocycles. The van der Waals surface area contributed by atoms with Gasteiger partial charge in [-0.25, -0.2) is 4.79 Å². The minimum Gasteiger partial charge on any atom is -0.452 e. The van der Waals surface area contributed by atoms with Crippen LogP contribution in [-0.2, 0) is 4.79 Å². The molecule has 1 aliphatic rings. The van der Waals surface area contributed by atoms with Crippen molar-refractivity contribution in [2.75, 3.05) is 0 Å². The zero-order chi connectivity index (χ0) is 21.8. The summed E-state index contributed by atoms with van der Waals surface area (Å²) in [6, 6.07) is 19.6. The van der Waals surface area contributed by atoms with Gasteiger partial charge in [0.05, 0.1) is 10.5 Å². The van der Waals surface area contributed by atoms with Gasteiger partial charge < -0.3 is 9.47 Å². The molecule has 31 heavy (non-hydrogen) atoms. The lowest BCUT2D eigenvalue weighted by Crippen LogP contribution is -2.03. The van der Waals surface area contributed by atoms with Crippen molar-refractivity contribution in [1.29, 1.82) is 0 Å². The molecule has 0 atom stereocenters. The van der Waals surface area contributed by atoms with Crippen molar-refractivity contribution >= 4 is 29.6 Å². The van der Waals surface area contributed by atoms with Crippen molar-refractivity contribution in [2.45, 2.75) is 0 Å². The number of carbonyl (C=O) groups is 2. The molecular weight excluding hydrogens is 398 g/mol. The van der Waals surface area contributed by atoms with E-state index >= 15 is 0 Å². The van der Waals surface area contributed by atoms with Gasteiger partial charge in [0.25, 0.3) is 5.69 Å². The SMILES string of the molecule is O=C(/C=C/c1ccccc1)Oc1ccc2c(c1)O/C(=C\c1ccc([N+](=O)[O-])cc1)C2=O. The van der Waals surface area contributed by atoms with E-state index in [-0.39, 0.29) is 28.7 Å². The first-order chi connectivity index (χ1) is 15.0. The van der Waals surface area contributed by atoms with Crippen LogP contribution >= 0.6 is 0 Å². The molecule has 3 aromatic carbocycles. The average molecular weight is 413 g/mol. The van der Waals surface area contributed by atoms with Crippen LogP contribution in [0.25, 0.3) is 12.2 Å². The fourth-order valence-electron chi connectivity index (χ4n) is 2.95. The topological polar surface area (TPSA) is 95.7 Å². The van der Waals surface area contributed by atoms with Crippen LogP contribution < -0.4 is 9.47 Å². The monoisotopic (exact) mass is 413 g/mol. The van der Waals surface area contributed by atoms with E-state index in [2.05, 4.69) is 0 Å². The number of carbonyl (C=O) groups excluding carboxylic acids is 2. The molecule has 0 unspecified atom stereocenters. The van der Waals surface area contributed by atoms with E-state index in [0.29, 0.717) is 11.1 Å². The Labute approximate surface area is 177 Å². The summed E-state index contributed by atoms with van der Waals surface area (Å²) in [5.41, 5.74) is 1.74. The van der Waals surface area contributed by atoms with Crippen LogP contribution in [0.2, 0.25) is 0 Å². The lowest BCUT2D eigenvalue weighted by atomic mass is 10.1. The highest BCUT2D eigenvalue weighted by molar-refractivity contribution is 6.14. The summed E-state index contributed by atoms with van der Waals surface area (Å²) in [4.78, 5) is 34.9. The molecule has 1 aliphatic heterocycles. The van der Waals surface area contributed by atoms with Gasteiger partial charge in [-0.05, 0) is 47.5 Å². The highest BCUT2D eigenvalue weighted by atomic mass is 16.6. The summed E-state index contributed by atoms with van der Waals surface area (Å²) in [6.45, 7) is 0. The Bertz CT molecular complexity index is 1230. The number of Topliss-reactive ketones (excluding diaryl/α,β-unsaturated/α-hetero) is 1. The summed E-state index contributed by atoms with van der Waals surface area (Å²) in [7, 11) is 0. The highest BCUT2D eigenvalue weighted by Crippen LogP contribution is 2.35. The second-order valence-electron chi connectivity index (χ2n) is 6.61. The summed E-state index contributed by atoms with van der Waals surface area (Å²) >= 11 is 0. The lowest BCUT2D eigenvalue weighted by Gasteiger charge is -2.03. The van der Waals surface area contributed by atoms with Crippen LogP contribution in [0.5, 0.6) is 11.5 Å². The zero-order valence-corrected chi connectivity index (χ0v) is 16.1. The molecule has 152 valence electrons. The number of nitro groups is 1. The van der Waals surface area contributed by atoms with E-state index in [1.54, 1.807) is 6.08 Å². The number of non-ortho nitro benzene ring substituents is 1. The maximum Gasteiger partial charge on any atom is 0.336 e. The Morgan fingerprint density at radius 1 is 0.968 bits per heavy atom. The minimum atomic E-state index is -0.560. The second-order valence-corrected chi connectivity index (χ2v) is 6.61. The number of benzene rings is 3. The number of rotatable bonds is 5. The van der Waals surface area contributed by atoms with Crippen LogP contribution in [0.3, 0.4) is 0 Å². The van der Waals surface area contributed by atoms with Crippen molar-refractivity contribution in [3.8, 4) is 11.5 Å². The smallest absolute Gasteiger partial charge is 0.336 e. The summed E-state index contributed by atoms with van der Waals surface area (Å²) in [5.74, 6) is -0.289. The number of hydrogen-bond acceptors (Lipinski definition) is 6. The third-order valence-corrected chi connectivity index (χ3v) is 4.47. The Kier molecular flexibility index (Phi) is 5.40. The van der Waals surface area contributed by atoms with Gasteiger partial charge in [-0.1, -0.05) is 30.3 Å². The molecule has 0 amide bonds. The number of allylic oxidation sites excluding steroid dienone is 1. The van der Waals surface area contributed by atoms with Gasteiger partial charge in [-0.15, -0.1) is 0 Å². The number of ketones is 1. The standard InChI is InChI=1S/C24H15NO6/c26-23(13-8-16-4-2-1-3-5-16)30-19-11-12-20-21(15-19)31-22(24(20)27)14-17-6-9-18(10-7-17)25(28)29/h1-15H/b13-8+,22-14-. The fourth-order valence-corrected chi connectivity index (χ4v) is 2.95. The fraction of sp³-hybridized carbons (Fsp3) is 0.